The number of morpholine rings is 1. The molecular weight excluding hydrogens is 406 g/mol. The fourth-order valence-corrected chi connectivity index (χ4v) is 3.69. The highest BCUT2D eigenvalue weighted by Crippen LogP contribution is 2.26. The van der Waals surface area contributed by atoms with E-state index in [1.807, 2.05) is 0 Å². The van der Waals surface area contributed by atoms with E-state index in [2.05, 4.69) is 6.58 Å². The molecule has 1 amide bonds. The third kappa shape index (κ3) is 5.03. The predicted molar refractivity (Wildman–Crippen MR) is 102 cm³/mol. The molecule has 2 aromatic rings. The van der Waals surface area contributed by atoms with Gasteiger partial charge in [-0.05, 0) is 48.0 Å². The number of rotatable bonds is 5. The van der Waals surface area contributed by atoms with Crippen molar-refractivity contribution in [1.29, 1.82) is 0 Å². The van der Waals surface area contributed by atoms with E-state index in [0.29, 0.717) is 13.2 Å². The van der Waals surface area contributed by atoms with Crippen molar-refractivity contribution in [2.24, 2.45) is 0 Å². The van der Waals surface area contributed by atoms with Crippen molar-refractivity contribution >= 4 is 27.8 Å². The summed E-state index contributed by atoms with van der Waals surface area (Å²) in [5.74, 6) is 0.179. The first-order chi connectivity index (χ1) is 13.3. The van der Waals surface area contributed by atoms with Crippen LogP contribution in [0.4, 0.5) is 4.79 Å². The molecule has 9 heteroatoms. The number of benzene rings is 2. The third-order valence-electron chi connectivity index (χ3n) is 4.01. The van der Waals surface area contributed by atoms with Crippen LogP contribution in [0.5, 0.6) is 5.75 Å². The Morgan fingerprint density at radius 2 is 1.82 bits per heavy atom. The summed E-state index contributed by atoms with van der Waals surface area (Å²) >= 11 is 5.50. The van der Waals surface area contributed by atoms with Gasteiger partial charge in [-0.25, -0.2) is 4.79 Å². The van der Waals surface area contributed by atoms with Crippen LogP contribution in [0.3, 0.4) is 0 Å². The van der Waals surface area contributed by atoms with Gasteiger partial charge < -0.3 is 18.6 Å². The molecule has 3 rings (SSSR count). The molecule has 0 saturated carbocycles. The first-order valence-electron chi connectivity index (χ1n) is 8.37. The van der Waals surface area contributed by atoms with Gasteiger partial charge >= 0.3 is 16.2 Å². The molecule has 28 heavy (non-hydrogen) atoms. The van der Waals surface area contributed by atoms with E-state index >= 15 is 0 Å². The highest BCUT2D eigenvalue weighted by molar-refractivity contribution is 7.87. The summed E-state index contributed by atoms with van der Waals surface area (Å²) in [6.07, 6.45) is -0.980. The maximum atomic E-state index is 12.3. The monoisotopic (exact) mass is 423 g/mol. The molecule has 0 unspecified atom stereocenters. The van der Waals surface area contributed by atoms with Crippen LogP contribution >= 0.6 is 11.6 Å². The lowest BCUT2D eigenvalue weighted by Crippen LogP contribution is -2.42. The van der Waals surface area contributed by atoms with E-state index in [-0.39, 0.29) is 28.5 Å². The molecule has 1 aliphatic rings. The van der Waals surface area contributed by atoms with Gasteiger partial charge in [-0.1, -0.05) is 30.3 Å². The van der Waals surface area contributed by atoms with Crippen LogP contribution in [0.15, 0.2) is 71.3 Å². The Labute approximate surface area is 168 Å². The lowest BCUT2D eigenvalue weighted by molar-refractivity contribution is -0.0243. The predicted octanol–water partition coefficient (Wildman–Crippen LogP) is 3.67. The van der Waals surface area contributed by atoms with Gasteiger partial charge in [0.25, 0.3) is 0 Å². The normalized spacial score (nSPS) is 17.0. The van der Waals surface area contributed by atoms with Crippen LogP contribution in [0.2, 0.25) is 0 Å². The zero-order valence-electron chi connectivity index (χ0n) is 14.8. The average molecular weight is 424 g/mol. The quantitative estimate of drug-likeness (QED) is 0.539. The molecule has 1 atom stereocenters. The van der Waals surface area contributed by atoms with E-state index in [0.717, 1.165) is 5.56 Å². The number of amides is 1. The van der Waals surface area contributed by atoms with Crippen LogP contribution in [0.1, 0.15) is 11.7 Å². The Balaban J connectivity index is 1.67. The molecule has 1 heterocycles. The molecule has 1 fully saturated rings. The largest absolute Gasteiger partial charge is 0.416 e. The van der Waals surface area contributed by atoms with Gasteiger partial charge in [0.15, 0.2) is 5.22 Å². The minimum absolute atomic E-state index is 0.0738. The molecule has 0 aromatic heterocycles. The SMILES string of the molecule is C=C(Cl)OC(=O)N1CCO[C@H](c2ccc(OS(=O)(=O)c3ccccc3)cc2)C1. The van der Waals surface area contributed by atoms with Crippen molar-refractivity contribution in [2.45, 2.75) is 11.0 Å². The van der Waals surface area contributed by atoms with Crippen LogP contribution in [0.25, 0.3) is 0 Å². The molecule has 7 nitrogen and oxygen atoms in total. The molecule has 2 aromatic carbocycles. The summed E-state index contributed by atoms with van der Waals surface area (Å²) in [5.41, 5.74) is 0.770. The Bertz CT molecular complexity index is 946. The molecule has 1 aliphatic heterocycles. The van der Waals surface area contributed by atoms with Crippen LogP contribution in [-0.2, 0) is 19.6 Å². The molecule has 0 N–H and O–H groups in total. The minimum atomic E-state index is -3.90. The molecule has 0 bridgehead atoms. The first kappa shape index (κ1) is 20.2. The Morgan fingerprint density at radius 3 is 2.46 bits per heavy atom. The van der Waals surface area contributed by atoms with Gasteiger partial charge in [0.1, 0.15) is 16.7 Å². The number of halogens is 1. The minimum Gasteiger partial charge on any atom is -0.398 e. The zero-order valence-corrected chi connectivity index (χ0v) is 16.4. The molecular formula is C19H18ClNO6S. The van der Waals surface area contributed by atoms with Crippen molar-refractivity contribution < 1.29 is 26.9 Å². The second-order valence-corrected chi connectivity index (χ2v) is 7.92. The van der Waals surface area contributed by atoms with Gasteiger partial charge in [-0.3, -0.25) is 0 Å². The second kappa shape index (κ2) is 8.64. The topological polar surface area (TPSA) is 82.1 Å². The number of hydrogen-bond donors (Lipinski definition) is 0. The summed E-state index contributed by atoms with van der Waals surface area (Å²) in [6.45, 7) is 4.30. The standard InChI is InChI=1S/C19H18ClNO6S/c1-14(20)26-19(22)21-11-12-25-18(13-21)15-7-9-16(10-8-15)27-28(23,24)17-5-3-2-4-6-17/h2-10,18H,1,11-13H2/t18-/m0/s1. The third-order valence-corrected chi connectivity index (χ3v) is 5.35. The maximum Gasteiger partial charge on any atom is 0.416 e. The van der Waals surface area contributed by atoms with Gasteiger partial charge in [0, 0.05) is 6.54 Å². The van der Waals surface area contributed by atoms with Gasteiger partial charge in [-0.15, -0.1) is 0 Å². The summed E-state index contributed by atoms with van der Waals surface area (Å²) in [5, 5.41) is -0.200. The molecule has 0 aliphatic carbocycles. The van der Waals surface area contributed by atoms with Crippen LogP contribution in [0, 0.1) is 0 Å². The van der Waals surface area contributed by atoms with Crippen molar-refractivity contribution in [3.05, 3.63) is 72.0 Å². The van der Waals surface area contributed by atoms with E-state index < -0.39 is 16.2 Å². The maximum absolute atomic E-state index is 12.3. The van der Waals surface area contributed by atoms with Gasteiger partial charge in [0.05, 0.1) is 13.2 Å². The summed E-state index contributed by atoms with van der Waals surface area (Å²) in [6, 6.07) is 14.3. The van der Waals surface area contributed by atoms with Crippen LogP contribution < -0.4 is 4.18 Å². The van der Waals surface area contributed by atoms with E-state index in [9.17, 15) is 13.2 Å². The Morgan fingerprint density at radius 1 is 1.14 bits per heavy atom. The fraction of sp³-hybridized carbons (Fsp3) is 0.211. The number of ether oxygens (including phenoxy) is 2. The lowest BCUT2D eigenvalue weighted by Gasteiger charge is -2.32. The molecule has 0 spiro atoms. The average Bonchev–Trinajstić information content (AvgIpc) is 2.68. The van der Waals surface area contributed by atoms with Crippen molar-refractivity contribution in [3.63, 3.8) is 0 Å². The first-order valence-corrected chi connectivity index (χ1v) is 10.2. The molecule has 148 valence electrons. The van der Waals surface area contributed by atoms with Crippen molar-refractivity contribution in [2.75, 3.05) is 19.7 Å². The number of carbonyl (C=O) groups is 1. The van der Waals surface area contributed by atoms with Gasteiger partial charge in [0.2, 0.25) is 0 Å². The fourth-order valence-electron chi connectivity index (χ4n) is 2.68. The number of hydrogen-bond acceptors (Lipinski definition) is 6. The van der Waals surface area contributed by atoms with Crippen LogP contribution in [-0.4, -0.2) is 39.1 Å². The second-order valence-electron chi connectivity index (χ2n) is 5.95. The Hall–Kier alpha value is -2.55. The summed E-state index contributed by atoms with van der Waals surface area (Å²) in [4.78, 5) is 13.5. The molecule has 1 saturated heterocycles. The number of nitrogens with zero attached hydrogens (tertiary/aromatic N) is 1. The van der Waals surface area contributed by atoms with E-state index in [1.165, 1.54) is 29.2 Å². The number of carbonyl (C=O) groups excluding carboxylic acids is 1. The smallest absolute Gasteiger partial charge is 0.398 e. The van der Waals surface area contributed by atoms with Gasteiger partial charge in [-0.2, -0.15) is 8.42 Å². The highest BCUT2D eigenvalue weighted by Gasteiger charge is 2.27. The summed E-state index contributed by atoms with van der Waals surface area (Å²) in [7, 11) is -3.90. The lowest BCUT2D eigenvalue weighted by atomic mass is 10.1. The zero-order chi connectivity index (χ0) is 20.1. The highest BCUT2D eigenvalue weighted by atomic mass is 35.5. The van der Waals surface area contributed by atoms with E-state index in [4.69, 9.17) is 25.3 Å². The molecule has 0 radical (unpaired) electrons. The van der Waals surface area contributed by atoms with E-state index in [1.54, 1.807) is 30.3 Å². The van der Waals surface area contributed by atoms with Crippen molar-refractivity contribution in [3.8, 4) is 5.75 Å². The Kier molecular flexibility index (Phi) is 6.23. The summed E-state index contributed by atoms with van der Waals surface area (Å²) < 4.78 is 40.2. The van der Waals surface area contributed by atoms with Crippen molar-refractivity contribution in [1.82, 2.24) is 4.90 Å².